The Morgan fingerprint density at radius 3 is 2.65 bits per heavy atom. The van der Waals surface area contributed by atoms with Gasteiger partial charge in [0.15, 0.2) is 0 Å². The maximum absolute atomic E-state index is 13.5. The largest absolute Gasteiger partial charge is 0.496 e. The molecule has 8 nitrogen and oxygen atoms in total. The number of aromatic nitrogens is 4. The van der Waals surface area contributed by atoms with E-state index in [2.05, 4.69) is 27.6 Å². The molecule has 2 heterocycles. The van der Waals surface area contributed by atoms with Crippen molar-refractivity contribution in [3.05, 3.63) is 76.5 Å². The van der Waals surface area contributed by atoms with E-state index >= 15 is 0 Å². The summed E-state index contributed by atoms with van der Waals surface area (Å²) >= 11 is 5.88. The standard InChI is InChI=1S/C27H28ClFN6O2/c1-34-14-18(13-31-34)15-6-8-20(23(11-15)37-3)16-4-5-17(10-16)25-24(26(30)35(2)33-25)27(36)32-19-7-9-22(29)21(28)12-19/h6-9,11-14,16-17H,4-5,10,30H2,1-3H3,(H,32,36). The van der Waals surface area contributed by atoms with E-state index in [9.17, 15) is 9.18 Å². The van der Waals surface area contributed by atoms with Crippen molar-refractivity contribution >= 4 is 29.0 Å². The Morgan fingerprint density at radius 2 is 1.95 bits per heavy atom. The number of anilines is 2. The van der Waals surface area contributed by atoms with Crippen LogP contribution in [0.4, 0.5) is 15.9 Å². The van der Waals surface area contributed by atoms with Gasteiger partial charge in [-0.25, -0.2) is 4.39 Å². The van der Waals surface area contributed by atoms with E-state index in [1.54, 1.807) is 18.8 Å². The summed E-state index contributed by atoms with van der Waals surface area (Å²) < 4.78 is 22.6. The molecule has 192 valence electrons. The number of aryl methyl sites for hydroxylation is 2. The van der Waals surface area contributed by atoms with Gasteiger partial charge in [-0.15, -0.1) is 0 Å². The third kappa shape index (κ3) is 4.79. The van der Waals surface area contributed by atoms with Crippen molar-refractivity contribution in [1.29, 1.82) is 0 Å². The monoisotopic (exact) mass is 522 g/mol. The zero-order valence-electron chi connectivity index (χ0n) is 20.8. The number of rotatable bonds is 6. The lowest BCUT2D eigenvalue weighted by Gasteiger charge is -2.16. The molecule has 0 radical (unpaired) electrons. The van der Waals surface area contributed by atoms with E-state index in [4.69, 9.17) is 22.1 Å². The van der Waals surface area contributed by atoms with Gasteiger partial charge >= 0.3 is 0 Å². The molecule has 2 atom stereocenters. The van der Waals surface area contributed by atoms with Crippen LogP contribution in [0.15, 0.2) is 48.8 Å². The van der Waals surface area contributed by atoms with Gasteiger partial charge in [-0.2, -0.15) is 10.2 Å². The summed E-state index contributed by atoms with van der Waals surface area (Å²) in [6.07, 6.45) is 6.40. The van der Waals surface area contributed by atoms with Crippen molar-refractivity contribution in [1.82, 2.24) is 19.6 Å². The number of methoxy groups -OCH3 is 1. The van der Waals surface area contributed by atoms with Crippen LogP contribution in [0.1, 0.15) is 52.7 Å². The Balaban J connectivity index is 1.39. The van der Waals surface area contributed by atoms with Gasteiger partial charge in [0.05, 0.1) is 24.0 Å². The molecule has 2 unspecified atom stereocenters. The molecule has 1 saturated carbocycles. The molecule has 0 saturated heterocycles. The summed E-state index contributed by atoms with van der Waals surface area (Å²) in [5.74, 6) is 0.459. The molecule has 3 N–H and O–H groups in total. The predicted molar refractivity (Wildman–Crippen MR) is 142 cm³/mol. The SMILES string of the molecule is COc1cc(-c2cnn(C)c2)ccc1C1CCC(c2nn(C)c(N)c2C(=O)Nc2ccc(F)c(Cl)c2)C1. The van der Waals surface area contributed by atoms with Gasteiger partial charge in [-0.05, 0) is 60.6 Å². The summed E-state index contributed by atoms with van der Waals surface area (Å²) in [5.41, 5.74) is 10.9. The fourth-order valence-electron chi connectivity index (χ4n) is 5.15. The molecular formula is C27H28ClFN6O2. The number of nitrogens with one attached hydrogen (secondary N) is 1. The Morgan fingerprint density at radius 1 is 1.16 bits per heavy atom. The normalized spacial score (nSPS) is 17.2. The molecule has 2 aromatic heterocycles. The molecule has 1 aliphatic carbocycles. The van der Waals surface area contributed by atoms with Crippen molar-refractivity contribution in [3.8, 4) is 16.9 Å². The molecule has 0 bridgehead atoms. The second kappa shape index (κ2) is 9.89. The number of nitrogens with zero attached hydrogens (tertiary/aromatic N) is 4. The number of amides is 1. The molecular weight excluding hydrogens is 495 g/mol. The Hall–Kier alpha value is -3.85. The van der Waals surface area contributed by atoms with Gasteiger partial charge in [0, 0.05) is 37.5 Å². The summed E-state index contributed by atoms with van der Waals surface area (Å²) in [6, 6.07) is 10.3. The van der Waals surface area contributed by atoms with Gasteiger partial charge in [0.1, 0.15) is 22.9 Å². The van der Waals surface area contributed by atoms with Crippen LogP contribution in [0.5, 0.6) is 5.75 Å². The van der Waals surface area contributed by atoms with Crippen molar-refractivity contribution < 1.29 is 13.9 Å². The number of hydrogen-bond acceptors (Lipinski definition) is 5. The molecule has 1 fully saturated rings. The van der Waals surface area contributed by atoms with E-state index in [-0.39, 0.29) is 22.7 Å². The van der Waals surface area contributed by atoms with Crippen LogP contribution >= 0.6 is 11.6 Å². The average Bonchev–Trinajstić information content (AvgIpc) is 3.60. The fraction of sp³-hybridized carbons (Fsp3) is 0.296. The number of nitrogen functional groups attached to an aromatic ring is 1. The number of carbonyl (C=O) groups excluding carboxylic acids is 1. The molecule has 4 aromatic rings. The Bertz CT molecular complexity index is 1480. The van der Waals surface area contributed by atoms with Gasteiger partial charge in [0.2, 0.25) is 0 Å². The van der Waals surface area contributed by atoms with Crippen LogP contribution in [0, 0.1) is 5.82 Å². The first-order chi connectivity index (χ1) is 17.7. The summed E-state index contributed by atoms with van der Waals surface area (Å²) in [4.78, 5) is 13.2. The highest BCUT2D eigenvalue weighted by Gasteiger charge is 2.34. The number of benzene rings is 2. The van der Waals surface area contributed by atoms with Gasteiger partial charge < -0.3 is 15.8 Å². The molecule has 10 heteroatoms. The minimum Gasteiger partial charge on any atom is -0.496 e. The molecule has 37 heavy (non-hydrogen) atoms. The number of nitrogens with two attached hydrogens (primary N) is 1. The summed E-state index contributed by atoms with van der Waals surface area (Å²) in [6.45, 7) is 0. The third-order valence-electron chi connectivity index (χ3n) is 7.05. The van der Waals surface area contributed by atoms with Crippen molar-refractivity contribution in [2.24, 2.45) is 14.1 Å². The maximum Gasteiger partial charge on any atom is 0.261 e. The third-order valence-corrected chi connectivity index (χ3v) is 7.34. The van der Waals surface area contributed by atoms with Crippen LogP contribution in [-0.2, 0) is 14.1 Å². The highest BCUT2D eigenvalue weighted by molar-refractivity contribution is 6.31. The molecule has 1 aliphatic rings. The van der Waals surface area contributed by atoms with E-state index in [1.807, 2.05) is 25.5 Å². The van der Waals surface area contributed by atoms with Gasteiger partial charge in [-0.1, -0.05) is 23.7 Å². The van der Waals surface area contributed by atoms with E-state index < -0.39 is 11.7 Å². The second-order valence-corrected chi connectivity index (χ2v) is 9.83. The number of ether oxygens (including phenoxy) is 1. The minimum atomic E-state index is -0.554. The topological polar surface area (TPSA) is 100.0 Å². The molecule has 0 spiro atoms. The lowest BCUT2D eigenvalue weighted by atomic mass is 9.92. The van der Waals surface area contributed by atoms with Crippen LogP contribution in [-0.4, -0.2) is 32.6 Å². The lowest BCUT2D eigenvalue weighted by Crippen LogP contribution is -2.16. The Labute approximate surface area is 219 Å². The highest BCUT2D eigenvalue weighted by Crippen LogP contribution is 2.47. The number of halogens is 2. The lowest BCUT2D eigenvalue weighted by molar-refractivity contribution is 0.102. The average molecular weight is 523 g/mol. The first kappa shape index (κ1) is 24.8. The van der Waals surface area contributed by atoms with Gasteiger partial charge in [-0.3, -0.25) is 14.2 Å². The van der Waals surface area contributed by atoms with Crippen LogP contribution in [0.3, 0.4) is 0 Å². The molecule has 2 aromatic carbocycles. The zero-order valence-corrected chi connectivity index (χ0v) is 21.6. The molecule has 0 aliphatic heterocycles. The Kier molecular flexibility index (Phi) is 6.64. The predicted octanol–water partition coefficient (Wildman–Crippen LogP) is 5.51. The molecule has 5 rings (SSSR count). The summed E-state index contributed by atoms with van der Waals surface area (Å²) in [7, 11) is 5.29. The first-order valence-electron chi connectivity index (χ1n) is 12.0. The van der Waals surface area contributed by atoms with Crippen molar-refractivity contribution in [3.63, 3.8) is 0 Å². The molecule has 1 amide bonds. The second-order valence-electron chi connectivity index (χ2n) is 9.42. The van der Waals surface area contributed by atoms with Crippen LogP contribution in [0.25, 0.3) is 11.1 Å². The van der Waals surface area contributed by atoms with Crippen molar-refractivity contribution in [2.75, 3.05) is 18.2 Å². The number of hydrogen-bond donors (Lipinski definition) is 2. The van der Waals surface area contributed by atoms with E-state index in [0.29, 0.717) is 16.9 Å². The highest BCUT2D eigenvalue weighted by atomic mass is 35.5. The first-order valence-corrected chi connectivity index (χ1v) is 12.4. The smallest absolute Gasteiger partial charge is 0.261 e. The summed E-state index contributed by atoms with van der Waals surface area (Å²) in [5, 5.41) is 11.6. The quantitative estimate of drug-likeness (QED) is 0.348. The van der Waals surface area contributed by atoms with E-state index in [1.165, 1.54) is 22.9 Å². The van der Waals surface area contributed by atoms with E-state index in [0.717, 1.165) is 41.7 Å². The maximum atomic E-state index is 13.5. The number of carbonyl (C=O) groups is 1. The van der Waals surface area contributed by atoms with Crippen LogP contribution in [0.2, 0.25) is 5.02 Å². The van der Waals surface area contributed by atoms with Gasteiger partial charge in [0.25, 0.3) is 5.91 Å². The zero-order chi connectivity index (χ0) is 26.3. The minimum absolute atomic E-state index is 0.0498. The fourth-order valence-corrected chi connectivity index (χ4v) is 5.34. The van der Waals surface area contributed by atoms with Crippen molar-refractivity contribution in [2.45, 2.75) is 31.1 Å². The van der Waals surface area contributed by atoms with Crippen LogP contribution < -0.4 is 15.8 Å².